The number of ketones is 1. The van der Waals surface area contributed by atoms with E-state index >= 15 is 0 Å². The van der Waals surface area contributed by atoms with Gasteiger partial charge in [0.15, 0.2) is 17.5 Å². The summed E-state index contributed by atoms with van der Waals surface area (Å²) in [5, 5.41) is 35.9. The maximum Gasteiger partial charge on any atom is 0.313 e. The number of pyridine rings is 1. The third-order valence-electron chi connectivity index (χ3n) is 16.9. The molecule has 0 spiro atoms. The van der Waals surface area contributed by atoms with Gasteiger partial charge in [0.1, 0.15) is 23.6 Å². The second-order valence-electron chi connectivity index (χ2n) is 23.5. The lowest BCUT2D eigenvalue weighted by Crippen LogP contribution is -2.55. The highest BCUT2D eigenvalue weighted by Gasteiger charge is 2.36. The van der Waals surface area contributed by atoms with E-state index in [0.717, 1.165) is 76.2 Å². The Balaban J connectivity index is 0.539. The number of halogens is 3. The number of nitrogens with one attached hydrogen (secondary N) is 2. The van der Waals surface area contributed by atoms with Crippen LogP contribution in [-0.4, -0.2) is 278 Å². The number of Topliss-reactive ketones (excluding diaryl/α,β-unsaturated/α-hetero) is 1. The Morgan fingerprint density at radius 3 is 1.98 bits per heavy atom. The number of fused-ring (bicyclic) bond motifs is 1. The number of H-pyrrole nitrogens is 1. The Morgan fingerprint density at radius 1 is 0.747 bits per heavy atom. The first-order valence-corrected chi connectivity index (χ1v) is 33.3. The minimum atomic E-state index is -1.31. The summed E-state index contributed by atoms with van der Waals surface area (Å²) < 4.78 is 98.0. The predicted octanol–water partition coefficient (Wildman–Crippen LogP) is 3.83. The molecule has 2 amide bonds. The Hall–Kier alpha value is -8.17. The number of aromatic amines is 1. The smallest absolute Gasteiger partial charge is 0.313 e. The molecular weight excluding hydrogens is 1300 g/mol. The highest BCUT2D eigenvalue weighted by molar-refractivity contribution is 6.45. The summed E-state index contributed by atoms with van der Waals surface area (Å²) in [5.74, 6) is -6.98. The quantitative estimate of drug-likeness (QED) is 0.0122. The molecule has 3 fully saturated rings. The van der Waals surface area contributed by atoms with E-state index in [0.29, 0.717) is 159 Å². The van der Waals surface area contributed by atoms with E-state index in [4.69, 9.17) is 42.6 Å². The molecule has 2 saturated heterocycles. The van der Waals surface area contributed by atoms with Crippen molar-refractivity contribution in [3.8, 4) is 23.4 Å². The minimum absolute atomic E-state index is 0.0440. The van der Waals surface area contributed by atoms with Crippen LogP contribution in [0.15, 0.2) is 73.0 Å². The molecule has 6 heterocycles. The van der Waals surface area contributed by atoms with E-state index in [1.54, 1.807) is 10.9 Å². The number of aliphatic hydroxyl groups excluding tert-OH is 1. The molecule has 32 heteroatoms. The van der Waals surface area contributed by atoms with E-state index in [-0.39, 0.29) is 67.9 Å². The van der Waals surface area contributed by atoms with Gasteiger partial charge in [0, 0.05) is 82.8 Å². The molecule has 6 aromatic rings. The number of piperidine rings is 1. The lowest BCUT2D eigenvalue weighted by Gasteiger charge is -2.43. The number of nitrogens with zero attached hydrogens (tertiary/aromatic N) is 12. The van der Waals surface area contributed by atoms with Gasteiger partial charge < -0.3 is 72.6 Å². The topological polar surface area (TPSA) is 320 Å². The third kappa shape index (κ3) is 22.9. The van der Waals surface area contributed by atoms with Crippen LogP contribution >= 0.6 is 0 Å². The van der Waals surface area contributed by atoms with E-state index in [9.17, 15) is 42.7 Å². The fourth-order valence-electron chi connectivity index (χ4n) is 11.5. The van der Waals surface area contributed by atoms with Gasteiger partial charge in [0.2, 0.25) is 11.6 Å². The van der Waals surface area contributed by atoms with Gasteiger partial charge in [0.25, 0.3) is 17.6 Å². The van der Waals surface area contributed by atoms with E-state index in [1.807, 2.05) is 30.3 Å². The van der Waals surface area contributed by atoms with Crippen molar-refractivity contribution in [3.63, 3.8) is 0 Å². The van der Waals surface area contributed by atoms with Crippen molar-refractivity contribution in [2.45, 2.75) is 63.8 Å². The first kappa shape index (κ1) is 75.0. The van der Waals surface area contributed by atoms with Crippen LogP contribution in [0.1, 0.15) is 70.8 Å². The summed E-state index contributed by atoms with van der Waals surface area (Å²) in [6.45, 7) is 14.0. The number of hydrogen-bond donors (Lipinski definition) is 3. The van der Waals surface area contributed by atoms with Gasteiger partial charge in [-0.3, -0.25) is 29.0 Å². The summed E-state index contributed by atoms with van der Waals surface area (Å²) in [4.78, 5) is 73.4. The average Bonchev–Trinajstić information content (AvgIpc) is 1.63. The Kier molecular flexibility index (Phi) is 30.5. The van der Waals surface area contributed by atoms with Crippen LogP contribution < -0.4 is 14.8 Å². The van der Waals surface area contributed by atoms with Gasteiger partial charge in [-0.25, -0.2) is 27.8 Å². The molecule has 2 aliphatic heterocycles. The van der Waals surface area contributed by atoms with Crippen LogP contribution in [0.25, 0.3) is 22.3 Å². The lowest BCUT2D eigenvalue weighted by molar-refractivity contribution is -0.136. The molecule has 4 aromatic heterocycles. The molecular formula is C67H87F3N14O15. The molecule has 9 rings (SSSR count). The number of carbonyl (C=O) groups is 4. The number of benzene rings is 2. The largest absolute Gasteiger partial charge is 0.494 e. The van der Waals surface area contributed by atoms with Crippen LogP contribution in [0.3, 0.4) is 0 Å². The highest BCUT2D eigenvalue weighted by Crippen LogP contribution is 2.34. The molecule has 99 heavy (non-hydrogen) atoms. The molecule has 3 aliphatic rings. The SMILES string of the molecule is COc1cnc(-n2cnc(C(=O)NC3CC(N(CCO)CCCN4CCN(CCOCCOCCOCCOCc5cn(CCOCCOCCOCCOCCC(=O)Oc6c(F)cc(F)cc6F)nn5)CC4)C3)n2)c2[nH]cc(C(=O)C(=O)N3CCC(=C(C#N)c4ccccc4)CC3)c12. The summed E-state index contributed by atoms with van der Waals surface area (Å²) in [7, 11) is 1.45. The zero-order valence-electron chi connectivity index (χ0n) is 55.7. The maximum absolute atomic E-state index is 13.9. The van der Waals surface area contributed by atoms with Crippen LogP contribution in [0.4, 0.5) is 13.2 Å². The number of esters is 1. The number of allylic oxidation sites excluding steroid dienone is 1. The highest BCUT2D eigenvalue weighted by atomic mass is 19.1. The van der Waals surface area contributed by atoms with Crippen molar-refractivity contribution in [3.05, 3.63) is 113 Å². The number of piperazine rings is 1. The number of nitriles is 1. The summed E-state index contributed by atoms with van der Waals surface area (Å²) in [6, 6.07) is 12.7. The molecule has 1 saturated carbocycles. The zero-order valence-corrected chi connectivity index (χ0v) is 55.7. The Bertz CT molecular complexity index is 3560. The standard InChI is InChI=1S/C67H87F3N14O15/c1-90-58-44-73-65(61-60(58)55(43-72-61)62(87)67(89)82-13-8-49(9-14-82)54(42-71)48-6-3-2-4-7-48)84-47-74-64(77-84)66(88)75-51-40-53(41-51)81(19-22-85)12-5-11-79-15-17-80(18-16-79)20-24-92-27-30-95-34-35-97-36-37-98-46-52-45-83(78-76-52)21-25-93-28-31-96-33-32-94-29-26-91-23-10-59(86)99-63-56(69)38-50(68)39-57(63)70/h2-4,6-7,38-39,43-45,47,51,53,72,85H,5,8-37,40-41,46H2,1H3,(H,75,88). The van der Waals surface area contributed by atoms with Gasteiger partial charge in [-0.2, -0.15) is 9.94 Å². The van der Waals surface area contributed by atoms with Crippen LogP contribution in [0, 0.1) is 28.8 Å². The lowest BCUT2D eigenvalue weighted by atomic mass is 9.85. The molecule has 2 aromatic carbocycles. The van der Waals surface area contributed by atoms with Gasteiger partial charge in [-0.15, -0.1) is 10.2 Å². The number of hydrogen-bond acceptors (Lipinski definition) is 24. The third-order valence-corrected chi connectivity index (χ3v) is 16.9. The molecule has 0 bridgehead atoms. The van der Waals surface area contributed by atoms with Gasteiger partial charge in [-0.05, 0) is 56.3 Å². The Labute approximate surface area is 571 Å². The van der Waals surface area contributed by atoms with E-state index in [2.05, 4.69) is 61.2 Å². The van der Waals surface area contributed by atoms with Crippen molar-refractivity contribution in [1.29, 1.82) is 5.26 Å². The van der Waals surface area contributed by atoms with Crippen molar-refractivity contribution in [2.75, 3.05) is 178 Å². The number of amides is 2. The number of rotatable bonds is 44. The van der Waals surface area contributed by atoms with Crippen molar-refractivity contribution in [1.82, 2.24) is 64.6 Å². The first-order valence-electron chi connectivity index (χ1n) is 33.3. The van der Waals surface area contributed by atoms with Gasteiger partial charge >= 0.3 is 5.97 Å². The van der Waals surface area contributed by atoms with Gasteiger partial charge in [-0.1, -0.05) is 35.5 Å². The van der Waals surface area contributed by atoms with Crippen LogP contribution in [0.2, 0.25) is 0 Å². The number of carbonyl (C=O) groups excluding carboxylic acids is 4. The first-order chi connectivity index (χ1) is 48.4. The van der Waals surface area contributed by atoms with Crippen LogP contribution in [-0.2, 0) is 60.6 Å². The second kappa shape index (κ2) is 40.2. The molecule has 0 unspecified atom stereocenters. The number of aromatic nitrogens is 8. The summed E-state index contributed by atoms with van der Waals surface area (Å²) >= 11 is 0. The Morgan fingerprint density at radius 2 is 1.35 bits per heavy atom. The number of aliphatic hydroxyl groups is 1. The van der Waals surface area contributed by atoms with Crippen molar-refractivity contribution >= 4 is 40.0 Å². The molecule has 1 aliphatic carbocycles. The monoisotopic (exact) mass is 1380 g/mol. The van der Waals surface area contributed by atoms with E-state index in [1.165, 1.54) is 35.4 Å². The fourth-order valence-corrected chi connectivity index (χ4v) is 11.5. The maximum atomic E-state index is 13.9. The normalized spacial score (nSPS) is 15.9. The van der Waals surface area contributed by atoms with Gasteiger partial charge in [0.05, 0.1) is 173 Å². The minimum Gasteiger partial charge on any atom is -0.494 e. The van der Waals surface area contributed by atoms with Crippen molar-refractivity contribution in [2.24, 2.45) is 0 Å². The summed E-state index contributed by atoms with van der Waals surface area (Å²) in [6.07, 6.45) is 9.14. The second-order valence-corrected chi connectivity index (χ2v) is 23.5. The van der Waals surface area contributed by atoms with Crippen LogP contribution in [0.5, 0.6) is 11.5 Å². The number of ether oxygens (including phenoxy) is 10. The number of methoxy groups -OCH3 is 1. The fraction of sp³-hybridized carbons (Fsp3) is 0.552. The average molecular weight is 1390 g/mol. The number of likely N-dealkylation sites (tertiary alicyclic amines) is 1. The molecule has 29 nitrogen and oxygen atoms in total. The summed E-state index contributed by atoms with van der Waals surface area (Å²) in [5.41, 5.74) is 3.52. The predicted molar refractivity (Wildman–Crippen MR) is 349 cm³/mol. The molecule has 0 radical (unpaired) electrons. The molecule has 3 N–H and O–H groups in total. The zero-order chi connectivity index (χ0) is 69.6. The molecule has 0 atom stereocenters. The van der Waals surface area contributed by atoms with E-state index < -0.39 is 46.8 Å². The molecule has 536 valence electrons. The van der Waals surface area contributed by atoms with Crippen molar-refractivity contribution < 1.29 is 84.8 Å².